The Morgan fingerprint density at radius 2 is 2.33 bits per heavy atom. The molecular formula is C9H10N2S. The summed E-state index contributed by atoms with van der Waals surface area (Å²) >= 11 is 1.43. The van der Waals surface area contributed by atoms with Crippen LogP contribution in [-0.2, 0) is 0 Å². The fraction of sp³-hybridized carbons (Fsp3) is 0.111. The molecule has 2 rings (SSSR count). The molecule has 2 nitrogen and oxygen atoms in total. The molecule has 12 heavy (non-hydrogen) atoms. The van der Waals surface area contributed by atoms with Crippen molar-refractivity contribution >= 4 is 21.7 Å². The molecule has 0 unspecified atom stereocenters. The molecule has 62 valence electrons. The van der Waals surface area contributed by atoms with Gasteiger partial charge in [-0.1, -0.05) is 6.08 Å². The quantitative estimate of drug-likeness (QED) is 0.580. The monoisotopic (exact) mass is 178 g/mol. The van der Waals surface area contributed by atoms with E-state index in [-0.39, 0.29) is 0 Å². The largest absolute Gasteiger partial charge is 0.244 e. The van der Waals surface area contributed by atoms with Crippen molar-refractivity contribution in [2.45, 2.75) is 6.92 Å². The van der Waals surface area contributed by atoms with Crippen LogP contribution >= 0.6 is 11.5 Å². The van der Waals surface area contributed by atoms with Gasteiger partial charge >= 0.3 is 0 Å². The SMILES string of the molecule is C=CC.c1cnc2sncc2c1. The summed E-state index contributed by atoms with van der Waals surface area (Å²) in [5.41, 5.74) is 0. The first kappa shape index (κ1) is 8.87. The van der Waals surface area contributed by atoms with E-state index in [1.165, 1.54) is 11.5 Å². The van der Waals surface area contributed by atoms with Gasteiger partial charge < -0.3 is 0 Å². The van der Waals surface area contributed by atoms with E-state index in [0.717, 1.165) is 10.2 Å². The number of rotatable bonds is 0. The first-order chi connectivity index (χ1) is 5.88. The van der Waals surface area contributed by atoms with Crippen LogP contribution in [0.25, 0.3) is 10.2 Å². The van der Waals surface area contributed by atoms with Crippen LogP contribution in [0.4, 0.5) is 0 Å². The highest BCUT2D eigenvalue weighted by Crippen LogP contribution is 2.12. The number of hydrogen-bond acceptors (Lipinski definition) is 3. The maximum Gasteiger partial charge on any atom is 0.143 e. The lowest BCUT2D eigenvalue weighted by Gasteiger charge is -1.79. The van der Waals surface area contributed by atoms with Gasteiger partial charge in [0.1, 0.15) is 4.83 Å². The first-order valence-electron chi connectivity index (χ1n) is 3.61. The predicted octanol–water partition coefficient (Wildman–Crippen LogP) is 2.88. The van der Waals surface area contributed by atoms with Crippen molar-refractivity contribution in [3.05, 3.63) is 37.2 Å². The van der Waals surface area contributed by atoms with E-state index in [9.17, 15) is 0 Å². The van der Waals surface area contributed by atoms with E-state index in [2.05, 4.69) is 15.9 Å². The minimum absolute atomic E-state index is 1.01. The molecule has 0 amide bonds. The molecule has 0 spiro atoms. The Kier molecular flexibility index (Phi) is 3.41. The topological polar surface area (TPSA) is 25.8 Å². The van der Waals surface area contributed by atoms with Gasteiger partial charge in [-0.25, -0.2) is 4.98 Å². The average Bonchev–Trinajstić information content (AvgIpc) is 2.52. The summed E-state index contributed by atoms with van der Waals surface area (Å²) in [7, 11) is 0. The Labute approximate surface area is 75.7 Å². The molecule has 0 fully saturated rings. The summed E-state index contributed by atoms with van der Waals surface area (Å²) < 4.78 is 3.98. The zero-order chi connectivity index (χ0) is 8.81. The Balaban J connectivity index is 0.000000213. The highest BCUT2D eigenvalue weighted by molar-refractivity contribution is 7.12. The molecule has 0 aliphatic rings. The molecule has 0 N–H and O–H groups in total. The zero-order valence-electron chi connectivity index (χ0n) is 6.90. The summed E-state index contributed by atoms with van der Waals surface area (Å²) in [6.07, 6.45) is 5.35. The van der Waals surface area contributed by atoms with Crippen LogP contribution < -0.4 is 0 Å². The maximum atomic E-state index is 4.10. The number of aromatic nitrogens is 2. The highest BCUT2D eigenvalue weighted by Gasteiger charge is 1.91. The van der Waals surface area contributed by atoms with Crippen molar-refractivity contribution in [1.82, 2.24) is 9.36 Å². The molecule has 0 atom stereocenters. The van der Waals surface area contributed by atoms with Gasteiger partial charge in [-0.15, -0.1) is 6.58 Å². The van der Waals surface area contributed by atoms with E-state index < -0.39 is 0 Å². The van der Waals surface area contributed by atoms with Gasteiger partial charge in [0.25, 0.3) is 0 Å². The van der Waals surface area contributed by atoms with Crippen LogP contribution in [-0.4, -0.2) is 9.36 Å². The molecule has 3 heteroatoms. The van der Waals surface area contributed by atoms with E-state index in [1.807, 2.05) is 25.3 Å². The lowest BCUT2D eigenvalue weighted by Crippen LogP contribution is -1.65. The molecule has 0 bridgehead atoms. The Hall–Kier alpha value is -1.22. The lowest BCUT2D eigenvalue weighted by atomic mass is 10.4. The standard InChI is InChI=1S/C6H4N2S.C3H6/c1-2-5-4-8-9-6(5)7-3-1;1-3-2/h1-4H;3H,1H2,2H3. The van der Waals surface area contributed by atoms with Crippen LogP contribution in [0.2, 0.25) is 0 Å². The van der Waals surface area contributed by atoms with Crippen molar-refractivity contribution in [3.63, 3.8) is 0 Å². The number of nitrogens with zero attached hydrogens (tertiary/aromatic N) is 2. The summed E-state index contributed by atoms with van der Waals surface area (Å²) in [4.78, 5) is 5.11. The van der Waals surface area contributed by atoms with Crippen molar-refractivity contribution in [1.29, 1.82) is 0 Å². The Morgan fingerprint density at radius 3 is 3.00 bits per heavy atom. The second-order valence-electron chi connectivity index (χ2n) is 2.13. The number of allylic oxidation sites excluding steroid dienone is 1. The molecule has 0 aromatic carbocycles. The van der Waals surface area contributed by atoms with Crippen molar-refractivity contribution in [2.75, 3.05) is 0 Å². The summed E-state index contributed by atoms with van der Waals surface area (Å²) in [6, 6.07) is 3.92. The lowest BCUT2D eigenvalue weighted by molar-refractivity contribution is 1.45. The third-order valence-corrected chi connectivity index (χ3v) is 1.86. The smallest absolute Gasteiger partial charge is 0.143 e. The molecule has 2 aromatic heterocycles. The molecule has 0 aliphatic heterocycles. The van der Waals surface area contributed by atoms with Gasteiger partial charge in [0.2, 0.25) is 0 Å². The van der Waals surface area contributed by atoms with Gasteiger partial charge in [-0.2, -0.15) is 4.37 Å². The average molecular weight is 178 g/mol. The maximum absolute atomic E-state index is 4.10. The van der Waals surface area contributed by atoms with Gasteiger partial charge in [-0.05, 0) is 30.6 Å². The number of fused-ring (bicyclic) bond motifs is 1. The fourth-order valence-corrected chi connectivity index (χ4v) is 1.31. The van der Waals surface area contributed by atoms with Crippen LogP contribution in [0.1, 0.15) is 6.92 Å². The van der Waals surface area contributed by atoms with Gasteiger partial charge in [0.15, 0.2) is 0 Å². The summed E-state index contributed by atoms with van der Waals surface area (Å²) in [6.45, 7) is 5.25. The van der Waals surface area contributed by atoms with Gasteiger partial charge in [0, 0.05) is 11.6 Å². The fourth-order valence-electron chi connectivity index (χ4n) is 0.711. The van der Waals surface area contributed by atoms with Crippen molar-refractivity contribution in [3.8, 4) is 0 Å². The van der Waals surface area contributed by atoms with Crippen LogP contribution in [0.15, 0.2) is 37.2 Å². The van der Waals surface area contributed by atoms with Gasteiger partial charge in [-0.3, -0.25) is 0 Å². The Morgan fingerprint density at radius 1 is 1.58 bits per heavy atom. The second kappa shape index (κ2) is 4.62. The molecular weight excluding hydrogens is 168 g/mol. The first-order valence-corrected chi connectivity index (χ1v) is 4.38. The Bertz CT molecular complexity index is 324. The van der Waals surface area contributed by atoms with Crippen LogP contribution in [0.3, 0.4) is 0 Å². The minimum atomic E-state index is 1.01. The van der Waals surface area contributed by atoms with E-state index in [0.29, 0.717) is 0 Å². The molecule has 0 saturated carbocycles. The number of pyridine rings is 1. The predicted molar refractivity (Wildman–Crippen MR) is 53.3 cm³/mol. The van der Waals surface area contributed by atoms with Crippen molar-refractivity contribution in [2.24, 2.45) is 0 Å². The van der Waals surface area contributed by atoms with Gasteiger partial charge in [0.05, 0.1) is 6.20 Å². The van der Waals surface area contributed by atoms with Crippen molar-refractivity contribution < 1.29 is 0 Å². The van der Waals surface area contributed by atoms with Crippen LogP contribution in [0.5, 0.6) is 0 Å². The molecule has 2 heterocycles. The zero-order valence-corrected chi connectivity index (χ0v) is 7.71. The van der Waals surface area contributed by atoms with E-state index in [1.54, 1.807) is 12.3 Å². The van der Waals surface area contributed by atoms with E-state index >= 15 is 0 Å². The molecule has 0 saturated heterocycles. The third kappa shape index (κ3) is 2.13. The highest BCUT2D eigenvalue weighted by atomic mass is 32.1. The third-order valence-electron chi connectivity index (χ3n) is 1.13. The summed E-state index contributed by atoms with van der Waals surface area (Å²) in [5, 5.41) is 1.13. The molecule has 0 aliphatic carbocycles. The normalized spacial score (nSPS) is 8.75. The number of hydrogen-bond donors (Lipinski definition) is 0. The van der Waals surface area contributed by atoms with Crippen LogP contribution in [0, 0.1) is 0 Å². The molecule has 2 aromatic rings. The van der Waals surface area contributed by atoms with E-state index in [4.69, 9.17) is 0 Å². The minimum Gasteiger partial charge on any atom is -0.244 e. The second-order valence-corrected chi connectivity index (χ2v) is 2.91. The molecule has 0 radical (unpaired) electrons. The summed E-state index contributed by atoms with van der Waals surface area (Å²) in [5.74, 6) is 0.